The first kappa shape index (κ1) is 11.6. The Labute approximate surface area is 101 Å². The molecule has 3 heteroatoms. The second kappa shape index (κ2) is 6.01. The molecule has 0 aliphatic carbocycles. The maximum Gasteiger partial charge on any atom is 0.0921 e. The van der Waals surface area contributed by atoms with E-state index >= 15 is 0 Å². The third-order valence-corrected chi connectivity index (χ3v) is 2.59. The molecule has 1 atom stereocenters. The second-order valence-electron chi connectivity index (χ2n) is 4.09. The Morgan fingerprint density at radius 2 is 2.12 bits per heavy atom. The van der Waals surface area contributed by atoms with Crippen LogP contribution in [0.25, 0.3) is 6.08 Å². The van der Waals surface area contributed by atoms with Gasteiger partial charge in [-0.05, 0) is 12.0 Å². The van der Waals surface area contributed by atoms with Crippen LogP contribution < -0.4 is 5.73 Å². The molecule has 1 heterocycles. The molecule has 0 saturated heterocycles. The van der Waals surface area contributed by atoms with Crippen molar-refractivity contribution in [3.05, 3.63) is 60.2 Å². The van der Waals surface area contributed by atoms with Crippen molar-refractivity contribution in [3.63, 3.8) is 0 Å². The number of imidazole rings is 1. The van der Waals surface area contributed by atoms with Crippen molar-refractivity contribution in [3.8, 4) is 0 Å². The lowest BCUT2D eigenvalue weighted by Crippen LogP contribution is -2.21. The van der Waals surface area contributed by atoms with Gasteiger partial charge in [-0.2, -0.15) is 0 Å². The highest BCUT2D eigenvalue weighted by molar-refractivity contribution is 5.48. The lowest BCUT2D eigenvalue weighted by Gasteiger charge is -2.06. The van der Waals surface area contributed by atoms with E-state index in [0.29, 0.717) is 0 Å². The Hall–Kier alpha value is -1.87. The highest BCUT2D eigenvalue weighted by atomic mass is 14.9. The van der Waals surface area contributed by atoms with Crippen LogP contribution >= 0.6 is 0 Å². The topological polar surface area (TPSA) is 54.7 Å². The van der Waals surface area contributed by atoms with Gasteiger partial charge in [-0.3, -0.25) is 0 Å². The molecule has 88 valence electrons. The van der Waals surface area contributed by atoms with Gasteiger partial charge in [0, 0.05) is 24.4 Å². The summed E-state index contributed by atoms with van der Waals surface area (Å²) >= 11 is 0. The molecule has 1 aromatic heterocycles. The zero-order valence-electron chi connectivity index (χ0n) is 9.71. The van der Waals surface area contributed by atoms with Gasteiger partial charge < -0.3 is 10.7 Å². The summed E-state index contributed by atoms with van der Waals surface area (Å²) < 4.78 is 0. The predicted molar refractivity (Wildman–Crippen MR) is 70.4 cm³/mol. The molecule has 0 bridgehead atoms. The average molecular weight is 227 g/mol. The molecule has 0 spiro atoms. The van der Waals surface area contributed by atoms with Crippen LogP contribution in [0, 0.1) is 0 Å². The molecule has 17 heavy (non-hydrogen) atoms. The molecule has 3 nitrogen and oxygen atoms in total. The monoisotopic (exact) mass is 227 g/mol. The number of benzene rings is 1. The van der Waals surface area contributed by atoms with Gasteiger partial charge in [0.2, 0.25) is 0 Å². The van der Waals surface area contributed by atoms with E-state index in [1.54, 1.807) is 6.33 Å². The number of H-pyrrole nitrogens is 1. The van der Waals surface area contributed by atoms with E-state index in [9.17, 15) is 0 Å². The van der Waals surface area contributed by atoms with E-state index in [1.807, 2.05) is 24.4 Å². The molecule has 0 aliphatic rings. The Kier molecular flexibility index (Phi) is 4.11. The number of hydrogen-bond acceptors (Lipinski definition) is 2. The summed E-state index contributed by atoms with van der Waals surface area (Å²) in [4.78, 5) is 7.03. The predicted octanol–water partition coefficient (Wildman–Crippen LogP) is 2.38. The molecular weight excluding hydrogens is 210 g/mol. The van der Waals surface area contributed by atoms with Crippen LogP contribution in [-0.2, 0) is 6.42 Å². The van der Waals surface area contributed by atoms with Crippen LogP contribution in [0.2, 0.25) is 0 Å². The van der Waals surface area contributed by atoms with E-state index in [0.717, 1.165) is 18.5 Å². The van der Waals surface area contributed by atoms with E-state index < -0.39 is 0 Å². The van der Waals surface area contributed by atoms with E-state index in [1.165, 1.54) is 5.56 Å². The van der Waals surface area contributed by atoms with Gasteiger partial charge in [-0.25, -0.2) is 4.98 Å². The highest BCUT2D eigenvalue weighted by Gasteiger charge is 2.02. The minimum Gasteiger partial charge on any atom is -0.348 e. The molecular formula is C14H17N3. The summed E-state index contributed by atoms with van der Waals surface area (Å²) in [7, 11) is 0. The van der Waals surface area contributed by atoms with Gasteiger partial charge in [0.25, 0.3) is 0 Å². The van der Waals surface area contributed by atoms with E-state index in [4.69, 9.17) is 5.73 Å². The molecule has 0 radical (unpaired) electrons. The Morgan fingerprint density at radius 1 is 1.29 bits per heavy atom. The maximum atomic E-state index is 6.03. The quantitative estimate of drug-likeness (QED) is 0.824. The zero-order valence-corrected chi connectivity index (χ0v) is 9.71. The van der Waals surface area contributed by atoms with Crippen molar-refractivity contribution in [1.82, 2.24) is 9.97 Å². The molecule has 0 fully saturated rings. The third kappa shape index (κ3) is 3.89. The van der Waals surface area contributed by atoms with Gasteiger partial charge in [0.05, 0.1) is 6.33 Å². The number of rotatable bonds is 5. The fourth-order valence-electron chi connectivity index (χ4n) is 1.71. The van der Waals surface area contributed by atoms with Crippen molar-refractivity contribution in [2.24, 2.45) is 5.73 Å². The number of nitrogens with two attached hydrogens (primary N) is 1. The van der Waals surface area contributed by atoms with Crippen molar-refractivity contribution >= 4 is 6.08 Å². The molecule has 1 aromatic carbocycles. The second-order valence-corrected chi connectivity index (χ2v) is 4.09. The fraction of sp³-hybridized carbons (Fsp3) is 0.214. The summed E-state index contributed by atoms with van der Waals surface area (Å²) in [6.45, 7) is 0. The first-order chi connectivity index (χ1) is 8.34. The standard InChI is InChI=1S/C14H17N3/c15-13(9-14-10-16-11-17-14)8-4-7-12-5-2-1-3-6-12/h1-7,10-11,13H,8-9,15H2,(H,16,17)/b7-4+. The summed E-state index contributed by atoms with van der Waals surface area (Å²) in [5.41, 5.74) is 8.33. The van der Waals surface area contributed by atoms with Gasteiger partial charge in [0.1, 0.15) is 0 Å². The average Bonchev–Trinajstić information content (AvgIpc) is 2.83. The molecule has 0 aliphatic heterocycles. The van der Waals surface area contributed by atoms with Gasteiger partial charge in [-0.1, -0.05) is 42.5 Å². The van der Waals surface area contributed by atoms with Gasteiger partial charge in [0.15, 0.2) is 0 Å². The Bertz CT molecular complexity index is 446. The molecule has 0 amide bonds. The van der Waals surface area contributed by atoms with Crippen LogP contribution in [0.1, 0.15) is 17.7 Å². The number of aromatic amines is 1. The van der Waals surface area contributed by atoms with Crippen LogP contribution in [0.15, 0.2) is 48.9 Å². The summed E-state index contributed by atoms with van der Waals surface area (Å²) in [6.07, 6.45) is 9.43. The minimum atomic E-state index is 0.135. The SMILES string of the molecule is NC(C/C=C/c1ccccc1)Cc1cnc[nH]1. The number of nitrogens with one attached hydrogen (secondary N) is 1. The highest BCUT2D eigenvalue weighted by Crippen LogP contribution is 2.05. The number of hydrogen-bond donors (Lipinski definition) is 2. The first-order valence-corrected chi connectivity index (χ1v) is 5.79. The summed E-state index contributed by atoms with van der Waals surface area (Å²) in [5.74, 6) is 0. The third-order valence-electron chi connectivity index (χ3n) is 2.59. The Balaban J connectivity index is 1.80. The fourth-order valence-corrected chi connectivity index (χ4v) is 1.71. The van der Waals surface area contributed by atoms with Crippen LogP contribution in [-0.4, -0.2) is 16.0 Å². The largest absolute Gasteiger partial charge is 0.348 e. The van der Waals surface area contributed by atoms with Crippen molar-refractivity contribution in [1.29, 1.82) is 0 Å². The zero-order chi connectivity index (χ0) is 11.9. The molecule has 2 aromatic rings. The number of aromatic nitrogens is 2. The minimum absolute atomic E-state index is 0.135. The normalized spacial score (nSPS) is 13.0. The lowest BCUT2D eigenvalue weighted by atomic mass is 10.1. The van der Waals surface area contributed by atoms with E-state index in [2.05, 4.69) is 34.3 Å². The van der Waals surface area contributed by atoms with Gasteiger partial charge in [-0.15, -0.1) is 0 Å². The molecule has 2 rings (SSSR count). The summed E-state index contributed by atoms with van der Waals surface area (Å²) in [6, 6.07) is 10.4. The Morgan fingerprint density at radius 3 is 2.82 bits per heavy atom. The number of nitrogens with zero attached hydrogens (tertiary/aromatic N) is 1. The van der Waals surface area contributed by atoms with Crippen molar-refractivity contribution in [2.45, 2.75) is 18.9 Å². The molecule has 1 unspecified atom stereocenters. The van der Waals surface area contributed by atoms with Crippen LogP contribution in [0.5, 0.6) is 0 Å². The van der Waals surface area contributed by atoms with Crippen LogP contribution in [0.3, 0.4) is 0 Å². The molecule has 0 saturated carbocycles. The van der Waals surface area contributed by atoms with Crippen LogP contribution in [0.4, 0.5) is 0 Å². The molecule has 3 N–H and O–H groups in total. The smallest absolute Gasteiger partial charge is 0.0921 e. The van der Waals surface area contributed by atoms with Crippen molar-refractivity contribution in [2.75, 3.05) is 0 Å². The van der Waals surface area contributed by atoms with Gasteiger partial charge >= 0.3 is 0 Å². The van der Waals surface area contributed by atoms with E-state index in [-0.39, 0.29) is 6.04 Å². The lowest BCUT2D eigenvalue weighted by molar-refractivity contribution is 0.671. The maximum absolute atomic E-state index is 6.03. The first-order valence-electron chi connectivity index (χ1n) is 5.79. The summed E-state index contributed by atoms with van der Waals surface area (Å²) in [5, 5.41) is 0. The van der Waals surface area contributed by atoms with Crippen molar-refractivity contribution < 1.29 is 0 Å².